The first-order valence-electron chi connectivity index (χ1n) is 9.10. The lowest BCUT2D eigenvalue weighted by atomic mass is 10.0. The van der Waals surface area contributed by atoms with Crippen molar-refractivity contribution in [1.82, 2.24) is 15.5 Å². The monoisotopic (exact) mass is 386 g/mol. The Balaban J connectivity index is 2.99. The number of nitrogens with zero attached hydrogens (tertiary/aromatic N) is 2. The zero-order valence-electron chi connectivity index (χ0n) is 17.1. The van der Waals surface area contributed by atoms with Gasteiger partial charge in [0.2, 0.25) is 0 Å². The molecule has 1 aromatic carbocycles. The Morgan fingerprint density at radius 3 is 2.48 bits per heavy atom. The number of likely N-dealkylation sites (N-methyl/N-ethyl adjacent to an activating group) is 1. The SMILES string of the molecule is CCNC(=NCc1cccc(OCC)c1OC(F)F)NCC(C)(C)N(C)C. The van der Waals surface area contributed by atoms with Gasteiger partial charge in [-0.2, -0.15) is 8.78 Å². The van der Waals surface area contributed by atoms with Crippen LogP contribution >= 0.6 is 0 Å². The second-order valence-corrected chi connectivity index (χ2v) is 6.81. The lowest BCUT2D eigenvalue weighted by Crippen LogP contribution is -2.50. The van der Waals surface area contributed by atoms with Crippen molar-refractivity contribution in [1.29, 1.82) is 0 Å². The molecule has 0 saturated carbocycles. The third-order valence-corrected chi connectivity index (χ3v) is 4.22. The summed E-state index contributed by atoms with van der Waals surface area (Å²) in [5, 5.41) is 6.45. The Kier molecular flexibility index (Phi) is 9.28. The predicted octanol–water partition coefficient (Wildman–Crippen LogP) is 3.08. The van der Waals surface area contributed by atoms with E-state index in [1.54, 1.807) is 25.1 Å². The minimum absolute atomic E-state index is 0.0302. The molecule has 0 amide bonds. The Hall–Kier alpha value is -2.09. The van der Waals surface area contributed by atoms with E-state index in [4.69, 9.17) is 9.47 Å². The third kappa shape index (κ3) is 7.58. The van der Waals surface area contributed by atoms with Crippen LogP contribution in [0, 0.1) is 0 Å². The van der Waals surface area contributed by atoms with Gasteiger partial charge < -0.3 is 25.0 Å². The zero-order chi connectivity index (χ0) is 20.4. The smallest absolute Gasteiger partial charge is 0.387 e. The fourth-order valence-electron chi connectivity index (χ4n) is 2.14. The number of guanidine groups is 1. The zero-order valence-corrected chi connectivity index (χ0v) is 17.1. The molecule has 0 heterocycles. The number of hydrogen-bond donors (Lipinski definition) is 2. The largest absolute Gasteiger partial charge is 0.490 e. The predicted molar refractivity (Wildman–Crippen MR) is 105 cm³/mol. The van der Waals surface area contributed by atoms with E-state index in [9.17, 15) is 8.78 Å². The van der Waals surface area contributed by atoms with Crippen LogP contribution in [-0.2, 0) is 6.54 Å². The molecular formula is C19H32F2N4O2. The van der Waals surface area contributed by atoms with Crippen molar-refractivity contribution in [2.75, 3.05) is 33.8 Å². The molecule has 0 aromatic heterocycles. The van der Waals surface area contributed by atoms with E-state index >= 15 is 0 Å². The molecule has 0 atom stereocenters. The van der Waals surface area contributed by atoms with Crippen molar-refractivity contribution < 1.29 is 18.3 Å². The summed E-state index contributed by atoms with van der Waals surface area (Å²) in [5.74, 6) is 0.928. The molecule has 8 heteroatoms. The molecule has 0 fully saturated rings. The van der Waals surface area contributed by atoms with E-state index in [2.05, 4.69) is 34.4 Å². The second-order valence-electron chi connectivity index (χ2n) is 6.81. The summed E-state index contributed by atoms with van der Waals surface area (Å²) in [6.45, 7) is 6.95. The van der Waals surface area contributed by atoms with Crippen LogP contribution in [0.25, 0.3) is 0 Å². The van der Waals surface area contributed by atoms with Crippen molar-refractivity contribution in [3.05, 3.63) is 23.8 Å². The number of rotatable bonds is 10. The van der Waals surface area contributed by atoms with Gasteiger partial charge in [0, 0.05) is 24.2 Å². The second kappa shape index (κ2) is 10.9. The van der Waals surface area contributed by atoms with Gasteiger partial charge in [-0.05, 0) is 47.9 Å². The number of para-hydroxylation sites is 1. The fourth-order valence-corrected chi connectivity index (χ4v) is 2.14. The molecule has 0 radical (unpaired) electrons. The standard InChI is InChI=1S/C19H32F2N4O2/c1-7-22-18(24-13-19(3,4)25(5)6)23-12-14-10-9-11-15(26-8-2)16(14)27-17(20)21/h9-11,17H,7-8,12-13H2,1-6H3,(H2,22,23,24). The molecule has 0 unspecified atom stereocenters. The highest BCUT2D eigenvalue weighted by molar-refractivity contribution is 5.79. The van der Waals surface area contributed by atoms with E-state index < -0.39 is 6.61 Å². The summed E-state index contributed by atoms with van der Waals surface area (Å²) in [4.78, 5) is 6.63. The van der Waals surface area contributed by atoms with Crippen LogP contribution in [-0.4, -0.2) is 56.8 Å². The summed E-state index contributed by atoms with van der Waals surface area (Å²) in [5.41, 5.74) is 0.458. The summed E-state index contributed by atoms with van der Waals surface area (Å²) in [6.07, 6.45) is 0. The molecule has 0 saturated heterocycles. The maximum atomic E-state index is 12.8. The number of halogens is 2. The molecule has 6 nitrogen and oxygen atoms in total. The Morgan fingerprint density at radius 2 is 1.93 bits per heavy atom. The number of ether oxygens (including phenoxy) is 2. The van der Waals surface area contributed by atoms with Crippen molar-refractivity contribution in [2.45, 2.75) is 46.4 Å². The fraction of sp³-hybridized carbons (Fsp3) is 0.632. The minimum atomic E-state index is -2.93. The van der Waals surface area contributed by atoms with Crippen molar-refractivity contribution in [3.63, 3.8) is 0 Å². The topological polar surface area (TPSA) is 58.1 Å². The average Bonchev–Trinajstić information content (AvgIpc) is 2.59. The highest BCUT2D eigenvalue weighted by atomic mass is 19.3. The molecule has 0 spiro atoms. The van der Waals surface area contributed by atoms with Crippen molar-refractivity contribution >= 4 is 5.96 Å². The first-order valence-corrected chi connectivity index (χ1v) is 9.10. The summed E-state index contributed by atoms with van der Waals surface area (Å²) in [6, 6.07) is 5.05. The van der Waals surface area contributed by atoms with E-state index in [1.807, 2.05) is 21.0 Å². The summed E-state index contributed by atoms with van der Waals surface area (Å²) in [7, 11) is 4.03. The Bertz CT molecular complexity index is 607. The van der Waals surface area contributed by atoms with E-state index in [0.717, 1.165) is 0 Å². The Morgan fingerprint density at radius 1 is 1.22 bits per heavy atom. The minimum Gasteiger partial charge on any atom is -0.490 e. The van der Waals surface area contributed by atoms with Crippen LogP contribution in [0.5, 0.6) is 11.5 Å². The maximum Gasteiger partial charge on any atom is 0.387 e. The van der Waals surface area contributed by atoms with E-state index in [-0.39, 0.29) is 23.6 Å². The molecule has 2 N–H and O–H groups in total. The van der Waals surface area contributed by atoms with Crippen LogP contribution in [0.2, 0.25) is 0 Å². The average molecular weight is 386 g/mol. The van der Waals surface area contributed by atoms with Gasteiger partial charge in [-0.25, -0.2) is 4.99 Å². The van der Waals surface area contributed by atoms with Gasteiger partial charge in [-0.1, -0.05) is 12.1 Å². The Labute approximate surface area is 160 Å². The molecule has 1 aromatic rings. The van der Waals surface area contributed by atoms with Gasteiger partial charge in [0.25, 0.3) is 0 Å². The van der Waals surface area contributed by atoms with Crippen LogP contribution < -0.4 is 20.1 Å². The van der Waals surface area contributed by atoms with Crippen LogP contribution in [0.4, 0.5) is 8.78 Å². The number of alkyl halides is 2. The van der Waals surface area contributed by atoms with Crippen molar-refractivity contribution in [2.24, 2.45) is 4.99 Å². The molecule has 154 valence electrons. The van der Waals surface area contributed by atoms with Crippen molar-refractivity contribution in [3.8, 4) is 11.5 Å². The van der Waals surface area contributed by atoms with Crippen LogP contribution in [0.15, 0.2) is 23.2 Å². The van der Waals surface area contributed by atoms with Gasteiger partial charge in [0.1, 0.15) is 0 Å². The molecule has 0 bridgehead atoms. The van der Waals surface area contributed by atoms with Crippen LogP contribution in [0.1, 0.15) is 33.3 Å². The lowest BCUT2D eigenvalue weighted by molar-refractivity contribution is -0.0520. The number of aliphatic imine (C=N–C) groups is 1. The first kappa shape index (κ1) is 23.0. The van der Waals surface area contributed by atoms with E-state index in [0.29, 0.717) is 31.2 Å². The van der Waals surface area contributed by atoms with Gasteiger partial charge in [-0.15, -0.1) is 0 Å². The molecule has 0 aliphatic carbocycles. The summed E-state index contributed by atoms with van der Waals surface area (Å²) < 4.78 is 35.7. The molecule has 0 aliphatic rings. The highest BCUT2D eigenvalue weighted by Gasteiger charge is 2.20. The maximum absolute atomic E-state index is 12.8. The van der Waals surface area contributed by atoms with Gasteiger partial charge in [-0.3, -0.25) is 0 Å². The molecule has 0 aliphatic heterocycles. The number of hydrogen-bond acceptors (Lipinski definition) is 4. The van der Waals surface area contributed by atoms with E-state index in [1.165, 1.54) is 0 Å². The molecule has 27 heavy (non-hydrogen) atoms. The highest BCUT2D eigenvalue weighted by Crippen LogP contribution is 2.33. The number of benzene rings is 1. The van der Waals surface area contributed by atoms with Crippen LogP contribution in [0.3, 0.4) is 0 Å². The normalized spacial score (nSPS) is 12.4. The van der Waals surface area contributed by atoms with Gasteiger partial charge in [0.05, 0.1) is 13.2 Å². The quantitative estimate of drug-likeness (QED) is 0.478. The lowest BCUT2D eigenvalue weighted by Gasteiger charge is -2.33. The third-order valence-electron chi connectivity index (χ3n) is 4.22. The van der Waals surface area contributed by atoms with Gasteiger partial charge in [0.15, 0.2) is 17.5 Å². The number of nitrogens with one attached hydrogen (secondary N) is 2. The van der Waals surface area contributed by atoms with Gasteiger partial charge >= 0.3 is 6.61 Å². The first-order chi connectivity index (χ1) is 12.7. The molecule has 1 rings (SSSR count). The molecular weight excluding hydrogens is 354 g/mol. The summed E-state index contributed by atoms with van der Waals surface area (Å²) >= 11 is 0.